The molecule has 94 valence electrons. The summed E-state index contributed by atoms with van der Waals surface area (Å²) in [6, 6.07) is 5.18. The first-order valence-electron chi connectivity index (χ1n) is 5.62. The maximum Gasteiger partial charge on any atom is 0.138 e. The van der Waals surface area contributed by atoms with E-state index in [0.717, 1.165) is 12.8 Å². The molecule has 2 atom stereocenters. The first kappa shape index (κ1) is 13.0. The van der Waals surface area contributed by atoms with Gasteiger partial charge in [0, 0.05) is 11.6 Å². The minimum Gasteiger partial charge on any atom is -0.489 e. The summed E-state index contributed by atoms with van der Waals surface area (Å²) in [4.78, 5) is 0. The van der Waals surface area contributed by atoms with Gasteiger partial charge in [-0.15, -0.1) is 0 Å². The molecule has 5 heteroatoms. The van der Waals surface area contributed by atoms with Crippen LogP contribution in [-0.4, -0.2) is 25.4 Å². The van der Waals surface area contributed by atoms with Gasteiger partial charge < -0.3 is 15.2 Å². The van der Waals surface area contributed by atoms with Gasteiger partial charge in [-0.05, 0) is 31.0 Å². The SMILES string of the molecule is NCC1CCC(COc2ccc(Cl)cc2Cl)O1. The van der Waals surface area contributed by atoms with Crippen LogP contribution in [0.5, 0.6) is 5.75 Å². The van der Waals surface area contributed by atoms with E-state index in [2.05, 4.69) is 0 Å². The number of hydrogen-bond acceptors (Lipinski definition) is 3. The minimum absolute atomic E-state index is 0.107. The van der Waals surface area contributed by atoms with E-state index in [4.69, 9.17) is 38.4 Å². The summed E-state index contributed by atoms with van der Waals surface area (Å²) >= 11 is 11.8. The Balaban J connectivity index is 1.86. The molecule has 0 spiro atoms. The molecule has 0 amide bonds. The Hall–Kier alpha value is -0.480. The van der Waals surface area contributed by atoms with Crippen LogP contribution in [0.1, 0.15) is 12.8 Å². The molecule has 2 unspecified atom stereocenters. The summed E-state index contributed by atoms with van der Waals surface area (Å²) in [6.07, 6.45) is 2.26. The summed E-state index contributed by atoms with van der Waals surface area (Å²) in [5, 5.41) is 1.12. The van der Waals surface area contributed by atoms with Crippen molar-refractivity contribution >= 4 is 23.2 Å². The first-order chi connectivity index (χ1) is 8.19. The van der Waals surface area contributed by atoms with Crippen LogP contribution in [0.25, 0.3) is 0 Å². The largest absolute Gasteiger partial charge is 0.489 e. The maximum absolute atomic E-state index is 6.00. The molecule has 1 aliphatic heterocycles. The van der Waals surface area contributed by atoms with E-state index in [1.54, 1.807) is 18.2 Å². The van der Waals surface area contributed by atoms with Gasteiger partial charge in [0.05, 0.1) is 17.2 Å². The fraction of sp³-hybridized carbons (Fsp3) is 0.500. The summed E-state index contributed by atoms with van der Waals surface area (Å²) in [5.41, 5.74) is 5.54. The highest BCUT2D eigenvalue weighted by atomic mass is 35.5. The van der Waals surface area contributed by atoms with Crippen molar-refractivity contribution in [1.82, 2.24) is 0 Å². The molecule has 0 bridgehead atoms. The van der Waals surface area contributed by atoms with Crippen molar-refractivity contribution in [3.8, 4) is 5.75 Å². The molecule has 0 aliphatic carbocycles. The number of rotatable bonds is 4. The molecule has 17 heavy (non-hydrogen) atoms. The lowest BCUT2D eigenvalue weighted by Gasteiger charge is -2.14. The molecule has 1 aromatic rings. The zero-order valence-corrected chi connectivity index (χ0v) is 10.9. The van der Waals surface area contributed by atoms with Gasteiger partial charge >= 0.3 is 0 Å². The van der Waals surface area contributed by atoms with Gasteiger partial charge in [0.25, 0.3) is 0 Å². The van der Waals surface area contributed by atoms with Crippen LogP contribution in [0.15, 0.2) is 18.2 Å². The van der Waals surface area contributed by atoms with Crippen LogP contribution < -0.4 is 10.5 Å². The zero-order chi connectivity index (χ0) is 12.3. The van der Waals surface area contributed by atoms with Crippen molar-refractivity contribution in [3.63, 3.8) is 0 Å². The molecule has 1 aliphatic rings. The number of ether oxygens (including phenoxy) is 2. The van der Waals surface area contributed by atoms with Crippen LogP contribution in [0.3, 0.4) is 0 Å². The van der Waals surface area contributed by atoms with Crippen molar-refractivity contribution in [2.24, 2.45) is 5.73 Å². The topological polar surface area (TPSA) is 44.5 Å². The van der Waals surface area contributed by atoms with E-state index in [1.807, 2.05) is 0 Å². The fourth-order valence-corrected chi connectivity index (χ4v) is 2.31. The van der Waals surface area contributed by atoms with E-state index in [9.17, 15) is 0 Å². The fourth-order valence-electron chi connectivity index (χ4n) is 1.85. The normalized spacial score (nSPS) is 23.9. The van der Waals surface area contributed by atoms with Gasteiger partial charge in [0.2, 0.25) is 0 Å². The smallest absolute Gasteiger partial charge is 0.138 e. The van der Waals surface area contributed by atoms with Gasteiger partial charge in [-0.3, -0.25) is 0 Å². The summed E-state index contributed by atoms with van der Waals surface area (Å²) in [6.45, 7) is 1.07. The highest BCUT2D eigenvalue weighted by Crippen LogP contribution is 2.28. The van der Waals surface area contributed by atoms with Crippen molar-refractivity contribution in [2.45, 2.75) is 25.0 Å². The van der Waals surface area contributed by atoms with Gasteiger partial charge in [-0.1, -0.05) is 23.2 Å². The summed E-state index contributed by atoms with van der Waals surface area (Å²) in [5.74, 6) is 0.635. The van der Waals surface area contributed by atoms with E-state index in [1.165, 1.54) is 0 Å². The molecular weight excluding hydrogens is 261 g/mol. The number of hydrogen-bond donors (Lipinski definition) is 1. The Labute approximate surface area is 111 Å². The predicted octanol–water partition coefficient (Wildman–Crippen LogP) is 2.88. The molecule has 1 aromatic carbocycles. The second-order valence-corrected chi connectivity index (χ2v) is 4.92. The molecule has 2 rings (SSSR count). The van der Waals surface area contributed by atoms with Crippen LogP contribution in [-0.2, 0) is 4.74 Å². The van der Waals surface area contributed by atoms with Gasteiger partial charge in [0.15, 0.2) is 0 Å². The van der Waals surface area contributed by atoms with Crippen molar-refractivity contribution < 1.29 is 9.47 Å². The van der Waals surface area contributed by atoms with E-state index >= 15 is 0 Å². The van der Waals surface area contributed by atoms with E-state index < -0.39 is 0 Å². The quantitative estimate of drug-likeness (QED) is 0.919. The maximum atomic E-state index is 6.00. The van der Waals surface area contributed by atoms with Crippen LogP contribution >= 0.6 is 23.2 Å². The standard InChI is InChI=1S/C12H15Cl2NO2/c13-8-1-4-12(11(14)5-8)16-7-10-3-2-9(6-15)17-10/h1,4-5,9-10H,2-3,6-7,15H2. The van der Waals surface area contributed by atoms with Crippen LogP contribution in [0.4, 0.5) is 0 Å². The second-order valence-electron chi connectivity index (χ2n) is 4.08. The van der Waals surface area contributed by atoms with E-state index in [0.29, 0.717) is 28.9 Å². The van der Waals surface area contributed by atoms with Gasteiger partial charge in [0.1, 0.15) is 12.4 Å². The molecule has 0 saturated carbocycles. The average Bonchev–Trinajstić information content (AvgIpc) is 2.76. The third kappa shape index (κ3) is 3.49. The van der Waals surface area contributed by atoms with E-state index in [-0.39, 0.29) is 12.2 Å². The summed E-state index contributed by atoms with van der Waals surface area (Å²) in [7, 11) is 0. The molecule has 0 radical (unpaired) electrons. The highest BCUT2D eigenvalue weighted by Gasteiger charge is 2.24. The Morgan fingerprint density at radius 3 is 2.71 bits per heavy atom. The second kappa shape index (κ2) is 5.91. The van der Waals surface area contributed by atoms with Crippen molar-refractivity contribution in [1.29, 1.82) is 0 Å². The Bertz CT molecular complexity index is 387. The van der Waals surface area contributed by atoms with Crippen LogP contribution in [0, 0.1) is 0 Å². The Morgan fingerprint density at radius 1 is 1.29 bits per heavy atom. The minimum atomic E-state index is 0.107. The zero-order valence-electron chi connectivity index (χ0n) is 9.36. The lowest BCUT2D eigenvalue weighted by molar-refractivity contribution is 0.0222. The van der Waals surface area contributed by atoms with Crippen molar-refractivity contribution in [3.05, 3.63) is 28.2 Å². The third-order valence-electron chi connectivity index (χ3n) is 2.78. The summed E-state index contributed by atoms with van der Waals surface area (Å²) < 4.78 is 11.3. The van der Waals surface area contributed by atoms with Crippen LogP contribution in [0.2, 0.25) is 10.0 Å². The van der Waals surface area contributed by atoms with Gasteiger partial charge in [-0.25, -0.2) is 0 Å². The number of nitrogens with two attached hydrogens (primary N) is 1. The third-order valence-corrected chi connectivity index (χ3v) is 3.31. The number of halogens is 2. The Morgan fingerprint density at radius 2 is 2.06 bits per heavy atom. The van der Waals surface area contributed by atoms with Gasteiger partial charge in [-0.2, -0.15) is 0 Å². The lowest BCUT2D eigenvalue weighted by atomic mass is 10.2. The molecule has 0 aromatic heterocycles. The molecule has 2 N–H and O–H groups in total. The number of benzene rings is 1. The molecule has 1 fully saturated rings. The molecule has 1 heterocycles. The monoisotopic (exact) mass is 275 g/mol. The molecule has 1 saturated heterocycles. The lowest BCUT2D eigenvalue weighted by Crippen LogP contribution is -2.23. The Kier molecular flexibility index (Phi) is 4.51. The first-order valence-corrected chi connectivity index (χ1v) is 6.38. The van der Waals surface area contributed by atoms with Crippen molar-refractivity contribution in [2.75, 3.05) is 13.2 Å². The highest BCUT2D eigenvalue weighted by molar-refractivity contribution is 6.35. The average molecular weight is 276 g/mol. The molecular formula is C12H15Cl2NO2. The predicted molar refractivity (Wildman–Crippen MR) is 68.9 cm³/mol. The molecule has 3 nitrogen and oxygen atoms in total.